The number of hydrogen-bond donors (Lipinski definition) is 1. The molecule has 1 N–H and O–H groups in total. The molecule has 0 atom stereocenters. The lowest BCUT2D eigenvalue weighted by atomic mass is 10.2. The van der Waals surface area contributed by atoms with Gasteiger partial charge in [0.25, 0.3) is 0 Å². The lowest BCUT2D eigenvalue weighted by Gasteiger charge is -2.04. The van der Waals surface area contributed by atoms with Crippen LogP contribution in [-0.2, 0) is 14.6 Å². The molecule has 0 aromatic carbocycles. The molecule has 0 aliphatic heterocycles. The minimum atomic E-state index is -2.90. The average Bonchev–Trinajstić information content (AvgIpc) is 2.23. The second kappa shape index (κ2) is 9.76. The molecule has 0 rings (SSSR count). The van der Waals surface area contributed by atoms with Gasteiger partial charge < -0.3 is 5.32 Å². The molecule has 0 unspecified atom stereocenters. The molecule has 17 heavy (non-hydrogen) atoms. The molecule has 0 saturated heterocycles. The van der Waals surface area contributed by atoms with Gasteiger partial charge in [0.1, 0.15) is 9.84 Å². The van der Waals surface area contributed by atoms with Gasteiger partial charge in [0.2, 0.25) is 5.91 Å². The van der Waals surface area contributed by atoms with Crippen molar-refractivity contribution in [3.63, 3.8) is 0 Å². The number of rotatable bonds is 10. The Balaban J connectivity index is 3.35. The van der Waals surface area contributed by atoms with Crippen LogP contribution in [0.25, 0.3) is 0 Å². The van der Waals surface area contributed by atoms with E-state index in [1.165, 1.54) is 30.9 Å². The molecule has 0 aliphatic rings. The van der Waals surface area contributed by atoms with E-state index in [9.17, 15) is 13.2 Å². The normalized spacial score (nSPS) is 11.4. The van der Waals surface area contributed by atoms with Gasteiger partial charge in [-0.2, -0.15) is 11.8 Å². The number of carbonyl (C=O) groups is 1. The second-order valence-corrected chi connectivity index (χ2v) is 7.46. The zero-order valence-electron chi connectivity index (χ0n) is 10.7. The van der Waals surface area contributed by atoms with Gasteiger partial charge >= 0.3 is 0 Å². The first-order valence-electron chi connectivity index (χ1n) is 5.98. The van der Waals surface area contributed by atoms with Crippen molar-refractivity contribution in [3.05, 3.63) is 0 Å². The second-order valence-electron chi connectivity index (χ2n) is 4.09. The first-order chi connectivity index (χ1) is 7.95. The molecule has 0 aromatic heterocycles. The van der Waals surface area contributed by atoms with Gasteiger partial charge in [0, 0.05) is 18.6 Å². The Kier molecular flexibility index (Phi) is 9.63. The van der Waals surface area contributed by atoms with Crippen molar-refractivity contribution >= 4 is 27.5 Å². The van der Waals surface area contributed by atoms with E-state index in [-0.39, 0.29) is 11.7 Å². The Morgan fingerprint density at radius 1 is 1.24 bits per heavy atom. The highest BCUT2D eigenvalue weighted by molar-refractivity contribution is 8.01. The lowest BCUT2D eigenvalue weighted by Crippen LogP contribution is -2.26. The van der Waals surface area contributed by atoms with Crippen LogP contribution < -0.4 is 5.32 Å². The van der Waals surface area contributed by atoms with Gasteiger partial charge in [-0.25, -0.2) is 8.42 Å². The van der Waals surface area contributed by atoms with Crippen LogP contribution in [0.3, 0.4) is 0 Å². The molecule has 0 heterocycles. The van der Waals surface area contributed by atoms with Gasteiger partial charge in [-0.1, -0.05) is 26.2 Å². The molecule has 1 amide bonds. The Bertz CT molecular complexity index is 302. The minimum Gasteiger partial charge on any atom is -0.355 e. The topological polar surface area (TPSA) is 63.2 Å². The van der Waals surface area contributed by atoms with Crippen LogP contribution in [0.5, 0.6) is 0 Å². The van der Waals surface area contributed by atoms with Gasteiger partial charge in [-0.3, -0.25) is 4.79 Å². The summed E-state index contributed by atoms with van der Waals surface area (Å²) >= 11 is 1.37. The fraction of sp³-hybridized carbons (Fsp3) is 0.909. The van der Waals surface area contributed by atoms with E-state index in [1.54, 1.807) is 0 Å². The summed E-state index contributed by atoms with van der Waals surface area (Å²) in [6.45, 7) is 2.88. The predicted octanol–water partition coefficient (Wildman–Crippen LogP) is 1.46. The van der Waals surface area contributed by atoms with Gasteiger partial charge in [-0.05, 0) is 6.42 Å². The zero-order chi connectivity index (χ0) is 13.1. The summed E-state index contributed by atoms with van der Waals surface area (Å²) < 4.78 is 21.7. The summed E-state index contributed by atoms with van der Waals surface area (Å²) in [7, 11) is -2.90. The molecule has 0 aliphatic carbocycles. The third-order valence-corrected chi connectivity index (χ3v) is 4.35. The van der Waals surface area contributed by atoms with Crippen molar-refractivity contribution < 1.29 is 13.2 Å². The number of nitrogens with one attached hydrogen (secondary N) is 1. The molecule has 0 spiro atoms. The Morgan fingerprint density at radius 2 is 1.94 bits per heavy atom. The standard InChI is InChI=1S/C11H23NO3S2/c1-3-4-5-6-7-12-11(13)10-16-8-9-17(2,14)15/h3-10H2,1-2H3,(H,12,13). The van der Waals surface area contributed by atoms with E-state index >= 15 is 0 Å². The van der Waals surface area contributed by atoms with Crippen LogP contribution in [0.1, 0.15) is 32.6 Å². The first-order valence-corrected chi connectivity index (χ1v) is 9.19. The molecule has 6 heteroatoms. The van der Waals surface area contributed by atoms with E-state index in [1.807, 2.05) is 0 Å². The first kappa shape index (κ1) is 16.8. The molecular formula is C11H23NO3S2. The highest BCUT2D eigenvalue weighted by Gasteiger charge is 2.04. The molecule has 102 valence electrons. The van der Waals surface area contributed by atoms with E-state index in [0.29, 0.717) is 11.5 Å². The monoisotopic (exact) mass is 281 g/mol. The summed E-state index contributed by atoms with van der Waals surface area (Å²) in [4.78, 5) is 11.3. The van der Waals surface area contributed by atoms with Crippen LogP contribution in [0, 0.1) is 0 Å². The Hall–Kier alpha value is -0.230. The summed E-state index contributed by atoms with van der Waals surface area (Å²) in [5, 5.41) is 2.83. The molecular weight excluding hydrogens is 258 g/mol. The van der Waals surface area contributed by atoms with Crippen LogP contribution >= 0.6 is 11.8 Å². The predicted molar refractivity (Wildman–Crippen MR) is 74.2 cm³/mol. The minimum absolute atomic E-state index is 0.000000472. The smallest absolute Gasteiger partial charge is 0.229 e. The van der Waals surface area contributed by atoms with Crippen LogP contribution in [0.4, 0.5) is 0 Å². The summed E-state index contributed by atoms with van der Waals surface area (Å²) in [6, 6.07) is 0. The van der Waals surface area contributed by atoms with Gasteiger partial charge in [0.05, 0.1) is 11.5 Å². The Labute approximate surface area is 109 Å². The zero-order valence-corrected chi connectivity index (χ0v) is 12.3. The van der Waals surface area contributed by atoms with Crippen molar-refractivity contribution in [1.29, 1.82) is 0 Å². The van der Waals surface area contributed by atoms with E-state index in [4.69, 9.17) is 0 Å². The van der Waals surface area contributed by atoms with Crippen molar-refractivity contribution in [1.82, 2.24) is 5.32 Å². The number of carbonyl (C=O) groups excluding carboxylic acids is 1. The maximum Gasteiger partial charge on any atom is 0.229 e. The molecule has 0 saturated carbocycles. The molecule has 0 fully saturated rings. The van der Waals surface area contributed by atoms with E-state index < -0.39 is 9.84 Å². The molecule has 4 nitrogen and oxygen atoms in total. The fourth-order valence-corrected chi connectivity index (χ4v) is 3.32. The van der Waals surface area contributed by atoms with Gasteiger partial charge in [-0.15, -0.1) is 0 Å². The quantitative estimate of drug-likeness (QED) is 0.616. The highest BCUT2D eigenvalue weighted by Crippen LogP contribution is 2.01. The van der Waals surface area contributed by atoms with Crippen LogP contribution in [0.15, 0.2) is 0 Å². The molecule has 0 bridgehead atoms. The van der Waals surface area contributed by atoms with Crippen molar-refractivity contribution in [2.75, 3.05) is 30.1 Å². The number of sulfone groups is 1. The number of hydrogen-bond acceptors (Lipinski definition) is 4. The molecule has 0 radical (unpaired) electrons. The lowest BCUT2D eigenvalue weighted by molar-refractivity contribution is -0.118. The Morgan fingerprint density at radius 3 is 2.53 bits per heavy atom. The third-order valence-electron chi connectivity index (χ3n) is 2.18. The van der Waals surface area contributed by atoms with Crippen molar-refractivity contribution in [2.24, 2.45) is 0 Å². The van der Waals surface area contributed by atoms with Crippen LogP contribution in [0.2, 0.25) is 0 Å². The maximum absolute atomic E-state index is 11.3. The maximum atomic E-state index is 11.3. The number of thioether (sulfide) groups is 1. The van der Waals surface area contributed by atoms with E-state index in [2.05, 4.69) is 12.2 Å². The van der Waals surface area contributed by atoms with Gasteiger partial charge in [0.15, 0.2) is 0 Å². The third kappa shape index (κ3) is 13.7. The summed E-state index contributed by atoms with van der Waals surface area (Å²) in [5.74, 6) is 0.979. The number of amides is 1. The largest absolute Gasteiger partial charge is 0.355 e. The highest BCUT2D eigenvalue weighted by atomic mass is 32.2. The van der Waals surface area contributed by atoms with Crippen molar-refractivity contribution in [3.8, 4) is 0 Å². The van der Waals surface area contributed by atoms with Crippen LogP contribution in [-0.4, -0.2) is 44.4 Å². The fourth-order valence-electron chi connectivity index (χ4n) is 1.21. The SMILES string of the molecule is CCCCCCNC(=O)CSCCS(C)(=O)=O. The summed E-state index contributed by atoms with van der Waals surface area (Å²) in [6.07, 6.45) is 5.78. The average molecular weight is 281 g/mol. The summed E-state index contributed by atoms with van der Waals surface area (Å²) in [5.41, 5.74) is 0. The van der Waals surface area contributed by atoms with Crippen molar-refractivity contribution in [2.45, 2.75) is 32.6 Å². The van der Waals surface area contributed by atoms with E-state index in [0.717, 1.165) is 19.4 Å². The molecule has 0 aromatic rings. The number of unbranched alkanes of at least 4 members (excludes halogenated alkanes) is 3.